The molecular weight excluding hydrogens is 366 g/mol. The first-order valence-corrected chi connectivity index (χ1v) is 11.3. The van der Waals surface area contributed by atoms with E-state index in [1.807, 2.05) is 0 Å². The molecule has 0 radical (unpaired) electrons. The molecule has 1 heterocycles. The zero-order valence-electron chi connectivity index (χ0n) is 14.0. The molecule has 0 bridgehead atoms. The fourth-order valence-electron chi connectivity index (χ4n) is 2.51. The Hall–Kier alpha value is -1.49. The largest absolute Gasteiger partial charge is 0.352 e. The number of amides is 1. The Bertz CT molecular complexity index is 804. The zero-order valence-corrected chi connectivity index (χ0v) is 15.6. The van der Waals surface area contributed by atoms with Crippen LogP contribution in [0.15, 0.2) is 29.2 Å². The summed E-state index contributed by atoms with van der Waals surface area (Å²) in [5.74, 6) is 0.137. The van der Waals surface area contributed by atoms with E-state index in [0.717, 1.165) is 5.56 Å². The minimum atomic E-state index is -3.62. The average Bonchev–Trinajstić information content (AvgIpc) is 2.89. The van der Waals surface area contributed by atoms with E-state index in [9.17, 15) is 21.6 Å². The molecular formula is C15H23N3O5S2. The van der Waals surface area contributed by atoms with Gasteiger partial charge in [-0.3, -0.25) is 4.79 Å². The van der Waals surface area contributed by atoms with Crippen LogP contribution in [-0.4, -0.2) is 53.4 Å². The minimum absolute atomic E-state index is 0.107. The van der Waals surface area contributed by atoms with Crippen molar-refractivity contribution in [3.05, 3.63) is 29.8 Å². The van der Waals surface area contributed by atoms with Gasteiger partial charge in [0.25, 0.3) is 0 Å². The average molecular weight is 389 g/mol. The number of hydrogen-bond acceptors (Lipinski definition) is 6. The van der Waals surface area contributed by atoms with Crippen LogP contribution in [0.2, 0.25) is 0 Å². The van der Waals surface area contributed by atoms with E-state index in [-0.39, 0.29) is 34.9 Å². The number of carbonyl (C=O) groups excluding carboxylic acids is 1. The second kappa shape index (κ2) is 8.26. The Kier molecular flexibility index (Phi) is 6.55. The molecule has 0 unspecified atom stereocenters. The SMILES string of the molecule is CC(=O)NCc1ccc(S(=O)(=O)NCCN[C@@H]2CCS(=O)(=O)C2)cc1. The van der Waals surface area contributed by atoms with Crippen LogP contribution in [0.3, 0.4) is 0 Å². The van der Waals surface area contributed by atoms with Gasteiger partial charge in [-0.15, -0.1) is 0 Å². The van der Waals surface area contributed by atoms with Gasteiger partial charge < -0.3 is 10.6 Å². The van der Waals surface area contributed by atoms with Crippen molar-refractivity contribution in [2.45, 2.75) is 30.8 Å². The first-order valence-electron chi connectivity index (χ1n) is 7.95. The van der Waals surface area contributed by atoms with Crippen molar-refractivity contribution in [1.82, 2.24) is 15.4 Å². The molecule has 0 saturated carbocycles. The Labute approximate surface area is 148 Å². The van der Waals surface area contributed by atoms with E-state index in [0.29, 0.717) is 19.5 Å². The maximum absolute atomic E-state index is 12.2. The molecule has 140 valence electrons. The molecule has 10 heteroatoms. The predicted octanol–water partition coefficient (Wildman–Crippen LogP) is -0.622. The summed E-state index contributed by atoms with van der Waals surface area (Å²) in [5, 5.41) is 5.69. The van der Waals surface area contributed by atoms with Gasteiger partial charge in [0.2, 0.25) is 15.9 Å². The van der Waals surface area contributed by atoms with Gasteiger partial charge in [0.1, 0.15) is 0 Å². The summed E-state index contributed by atoms with van der Waals surface area (Å²) in [7, 11) is -6.57. The third-order valence-electron chi connectivity index (χ3n) is 3.86. The van der Waals surface area contributed by atoms with Gasteiger partial charge in [0.05, 0.1) is 16.4 Å². The predicted molar refractivity (Wildman–Crippen MR) is 94.2 cm³/mol. The minimum Gasteiger partial charge on any atom is -0.352 e. The van der Waals surface area contributed by atoms with Gasteiger partial charge in [-0.1, -0.05) is 12.1 Å². The molecule has 1 aliphatic rings. The molecule has 0 spiro atoms. The molecule has 25 heavy (non-hydrogen) atoms. The van der Waals surface area contributed by atoms with Crippen molar-refractivity contribution in [2.24, 2.45) is 0 Å². The Morgan fingerprint density at radius 2 is 1.88 bits per heavy atom. The second-order valence-corrected chi connectivity index (χ2v) is 10.0. The Morgan fingerprint density at radius 1 is 1.20 bits per heavy atom. The number of sulfone groups is 1. The van der Waals surface area contributed by atoms with Crippen molar-refractivity contribution in [2.75, 3.05) is 24.6 Å². The fraction of sp³-hybridized carbons (Fsp3) is 0.533. The summed E-state index contributed by atoms with van der Waals surface area (Å²) in [6.07, 6.45) is 0.560. The van der Waals surface area contributed by atoms with E-state index < -0.39 is 19.9 Å². The highest BCUT2D eigenvalue weighted by Gasteiger charge is 2.27. The van der Waals surface area contributed by atoms with E-state index >= 15 is 0 Å². The maximum atomic E-state index is 12.2. The molecule has 2 rings (SSSR count). The smallest absolute Gasteiger partial charge is 0.240 e. The van der Waals surface area contributed by atoms with Crippen LogP contribution in [0.4, 0.5) is 0 Å². The lowest BCUT2D eigenvalue weighted by Crippen LogP contribution is -2.37. The van der Waals surface area contributed by atoms with Crippen molar-refractivity contribution >= 4 is 25.8 Å². The number of rotatable bonds is 8. The highest BCUT2D eigenvalue weighted by Crippen LogP contribution is 2.12. The molecule has 1 fully saturated rings. The van der Waals surface area contributed by atoms with E-state index in [2.05, 4.69) is 15.4 Å². The second-order valence-electron chi connectivity index (χ2n) is 6.01. The van der Waals surface area contributed by atoms with Gasteiger partial charge in [0.15, 0.2) is 9.84 Å². The monoisotopic (exact) mass is 389 g/mol. The molecule has 1 aromatic rings. The fourth-order valence-corrected chi connectivity index (χ4v) is 5.25. The molecule has 0 aromatic heterocycles. The summed E-state index contributed by atoms with van der Waals surface area (Å²) >= 11 is 0. The highest BCUT2D eigenvalue weighted by atomic mass is 32.2. The first kappa shape index (κ1) is 19.8. The van der Waals surface area contributed by atoms with Gasteiger partial charge in [-0.05, 0) is 24.1 Å². The topological polar surface area (TPSA) is 121 Å². The number of hydrogen-bond donors (Lipinski definition) is 3. The number of carbonyl (C=O) groups is 1. The summed E-state index contributed by atoms with van der Waals surface area (Å²) in [6.45, 7) is 2.29. The summed E-state index contributed by atoms with van der Waals surface area (Å²) in [5.41, 5.74) is 0.804. The third kappa shape index (κ3) is 6.38. The summed E-state index contributed by atoms with van der Waals surface area (Å²) in [6, 6.07) is 6.15. The van der Waals surface area contributed by atoms with Crippen LogP contribution in [0.25, 0.3) is 0 Å². The molecule has 8 nitrogen and oxygen atoms in total. The van der Waals surface area contributed by atoms with Gasteiger partial charge in [-0.2, -0.15) is 0 Å². The molecule has 1 atom stereocenters. The molecule has 1 amide bonds. The van der Waals surface area contributed by atoms with Crippen molar-refractivity contribution in [1.29, 1.82) is 0 Å². The van der Waals surface area contributed by atoms with Crippen LogP contribution < -0.4 is 15.4 Å². The lowest BCUT2D eigenvalue weighted by Gasteiger charge is -2.12. The Morgan fingerprint density at radius 3 is 2.44 bits per heavy atom. The Balaban J connectivity index is 1.79. The van der Waals surface area contributed by atoms with Gasteiger partial charge in [0, 0.05) is 32.6 Å². The highest BCUT2D eigenvalue weighted by molar-refractivity contribution is 7.91. The van der Waals surface area contributed by atoms with E-state index in [4.69, 9.17) is 0 Å². The van der Waals surface area contributed by atoms with Gasteiger partial charge in [-0.25, -0.2) is 21.6 Å². The third-order valence-corrected chi connectivity index (χ3v) is 7.10. The van der Waals surface area contributed by atoms with E-state index in [1.54, 1.807) is 12.1 Å². The quantitative estimate of drug-likeness (QED) is 0.510. The standard InChI is InChI=1S/C15H23N3O5S2/c1-12(19)17-10-13-2-4-15(5-3-13)25(22,23)18-8-7-16-14-6-9-24(20,21)11-14/h2-5,14,16,18H,6-11H2,1H3,(H,17,19)/t14-/m1/s1. The summed E-state index contributed by atoms with van der Waals surface area (Å²) < 4.78 is 49.6. The lowest BCUT2D eigenvalue weighted by molar-refractivity contribution is -0.119. The summed E-state index contributed by atoms with van der Waals surface area (Å²) in [4.78, 5) is 11.0. The molecule has 1 saturated heterocycles. The van der Waals surface area contributed by atoms with Crippen molar-refractivity contribution in [3.63, 3.8) is 0 Å². The van der Waals surface area contributed by atoms with Crippen LogP contribution in [0.5, 0.6) is 0 Å². The zero-order chi connectivity index (χ0) is 18.5. The van der Waals surface area contributed by atoms with Crippen molar-refractivity contribution < 1.29 is 21.6 Å². The molecule has 0 aliphatic carbocycles. The van der Waals surface area contributed by atoms with Crippen LogP contribution in [0, 0.1) is 0 Å². The molecule has 3 N–H and O–H groups in total. The molecule has 1 aromatic carbocycles. The van der Waals surface area contributed by atoms with Crippen LogP contribution >= 0.6 is 0 Å². The van der Waals surface area contributed by atoms with Crippen molar-refractivity contribution in [3.8, 4) is 0 Å². The lowest BCUT2D eigenvalue weighted by atomic mass is 10.2. The van der Waals surface area contributed by atoms with Crippen LogP contribution in [0.1, 0.15) is 18.9 Å². The normalized spacial score (nSPS) is 19.6. The van der Waals surface area contributed by atoms with E-state index in [1.165, 1.54) is 19.1 Å². The first-order chi connectivity index (χ1) is 11.7. The maximum Gasteiger partial charge on any atom is 0.240 e. The number of benzene rings is 1. The van der Waals surface area contributed by atoms with Gasteiger partial charge >= 0.3 is 0 Å². The van der Waals surface area contributed by atoms with Crippen LogP contribution in [-0.2, 0) is 31.2 Å². The molecule has 1 aliphatic heterocycles. The number of nitrogens with one attached hydrogen (secondary N) is 3. The number of sulfonamides is 1.